The minimum Gasteiger partial charge on any atom is -0.310 e. The number of rotatable bonds is 4. The zero-order chi connectivity index (χ0) is 14.8. The summed E-state index contributed by atoms with van der Waals surface area (Å²) in [6.07, 6.45) is 2.19. The first-order valence-electron chi connectivity index (χ1n) is 7.44. The molecule has 3 heteroatoms. The molecule has 1 aliphatic carbocycles. The van der Waals surface area contributed by atoms with Gasteiger partial charge in [-0.3, -0.25) is 0 Å². The Labute approximate surface area is 136 Å². The summed E-state index contributed by atoms with van der Waals surface area (Å²) in [6.45, 7) is 3.05. The van der Waals surface area contributed by atoms with Gasteiger partial charge in [0, 0.05) is 6.04 Å². The molecule has 110 valence electrons. The third kappa shape index (κ3) is 2.96. The molecule has 2 aromatic rings. The van der Waals surface area contributed by atoms with Crippen LogP contribution >= 0.6 is 23.2 Å². The van der Waals surface area contributed by atoms with Crippen LogP contribution in [0.15, 0.2) is 42.5 Å². The second-order valence-electron chi connectivity index (χ2n) is 5.62. The van der Waals surface area contributed by atoms with E-state index in [9.17, 15) is 0 Å². The summed E-state index contributed by atoms with van der Waals surface area (Å²) in [5, 5.41) is 4.91. The molecule has 0 heterocycles. The monoisotopic (exact) mass is 319 g/mol. The maximum atomic E-state index is 6.44. The van der Waals surface area contributed by atoms with Crippen LogP contribution in [0.1, 0.15) is 29.7 Å². The second kappa shape index (κ2) is 6.39. The minimum atomic E-state index is 0.244. The van der Waals surface area contributed by atoms with Crippen molar-refractivity contribution in [2.75, 3.05) is 6.54 Å². The van der Waals surface area contributed by atoms with Gasteiger partial charge in [0.25, 0.3) is 0 Å². The van der Waals surface area contributed by atoms with Crippen molar-refractivity contribution in [3.05, 3.63) is 69.2 Å². The van der Waals surface area contributed by atoms with E-state index in [1.54, 1.807) is 0 Å². The summed E-state index contributed by atoms with van der Waals surface area (Å²) in [4.78, 5) is 0. The Bertz CT molecular complexity index is 614. The Morgan fingerprint density at radius 1 is 1.05 bits per heavy atom. The van der Waals surface area contributed by atoms with E-state index < -0.39 is 0 Å². The van der Waals surface area contributed by atoms with E-state index in [2.05, 4.69) is 42.6 Å². The normalized spacial score (nSPS) is 16.0. The van der Waals surface area contributed by atoms with Gasteiger partial charge >= 0.3 is 0 Å². The van der Waals surface area contributed by atoms with Gasteiger partial charge in [-0.15, -0.1) is 0 Å². The lowest BCUT2D eigenvalue weighted by Crippen LogP contribution is -2.29. The third-order valence-corrected chi connectivity index (χ3v) is 5.13. The number of fused-ring (bicyclic) bond motifs is 1. The van der Waals surface area contributed by atoms with Crippen molar-refractivity contribution in [3.8, 4) is 0 Å². The van der Waals surface area contributed by atoms with Gasteiger partial charge in [0.15, 0.2) is 0 Å². The lowest BCUT2D eigenvalue weighted by Gasteiger charge is -2.26. The number of nitrogens with one attached hydrogen (secondary N) is 1. The molecule has 0 saturated heterocycles. The van der Waals surface area contributed by atoms with E-state index in [1.807, 2.05) is 12.1 Å². The number of hydrogen-bond acceptors (Lipinski definition) is 1. The number of benzene rings is 2. The molecular formula is C18H19Cl2N. The lowest BCUT2D eigenvalue weighted by atomic mass is 9.90. The molecule has 0 aromatic heterocycles. The summed E-state index contributed by atoms with van der Waals surface area (Å²) in [5.41, 5.74) is 4.04. The maximum absolute atomic E-state index is 6.44. The van der Waals surface area contributed by atoms with E-state index in [-0.39, 0.29) is 6.04 Å². The van der Waals surface area contributed by atoms with E-state index in [0.717, 1.165) is 24.9 Å². The van der Waals surface area contributed by atoms with Crippen molar-refractivity contribution in [2.24, 2.45) is 5.92 Å². The van der Waals surface area contributed by atoms with Gasteiger partial charge in [0.1, 0.15) is 0 Å². The second-order valence-corrected chi connectivity index (χ2v) is 6.40. The number of halogens is 2. The molecule has 1 unspecified atom stereocenters. The average molecular weight is 320 g/mol. The smallest absolute Gasteiger partial charge is 0.0640 e. The van der Waals surface area contributed by atoms with Gasteiger partial charge in [-0.25, -0.2) is 0 Å². The Morgan fingerprint density at radius 3 is 2.33 bits per heavy atom. The molecule has 0 bridgehead atoms. The number of hydrogen-bond donors (Lipinski definition) is 1. The van der Waals surface area contributed by atoms with Crippen molar-refractivity contribution in [2.45, 2.75) is 25.8 Å². The van der Waals surface area contributed by atoms with Gasteiger partial charge in [-0.2, -0.15) is 0 Å². The standard InChI is InChI=1S/C18H19Cl2N/c1-2-21-18(15-8-5-9-16(19)17(15)20)14-10-12-6-3-4-7-13(12)11-14/h3-9,14,18,21H,2,10-11H2,1H3. The largest absolute Gasteiger partial charge is 0.310 e. The van der Waals surface area contributed by atoms with Gasteiger partial charge in [0.2, 0.25) is 0 Å². The molecule has 0 aliphatic heterocycles. The topological polar surface area (TPSA) is 12.0 Å². The Morgan fingerprint density at radius 2 is 1.71 bits per heavy atom. The summed E-state index contributed by atoms with van der Waals surface area (Å²) in [7, 11) is 0. The van der Waals surface area contributed by atoms with Gasteiger partial charge < -0.3 is 5.32 Å². The predicted molar refractivity (Wildman–Crippen MR) is 90.2 cm³/mol. The Balaban J connectivity index is 1.91. The SMILES string of the molecule is CCNC(c1cccc(Cl)c1Cl)C1Cc2ccccc2C1. The molecular weight excluding hydrogens is 301 g/mol. The maximum Gasteiger partial charge on any atom is 0.0640 e. The summed E-state index contributed by atoms with van der Waals surface area (Å²) >= 11 is 12.6. The predicted octanol–water partition coefficient (Wildman–Crippen LogP) is 5.06. The quantitative estimate of drug-likeness (QED) is 0.830. The molecule has 0 radical (unpaired) electrons. The fraction of sp³-hybridized carbons (Fsp3) is 0.333. The molecule has 0 fully saturated rings. The minimum absolute atomic E-state index is 0.244. The third-order valence-electron chi connectivity index (χ3n) is 4.29. The highest BCUT2D eigenvalue weighted by molar-refractivity contribution is 6.42. The Hall–Kier alpha value is -1.02. The van der Waals surface area contributed by atoms with Crippen molar-refractivity contribution in [1.82, 2.24) is 5.32 Å². The molecule has 0 amide bonds. The zero-order valence-corrected chi connectivity index (χ0v) is 13.6. The molecule has 1 atom stereocenters. The fourth-order valence-corrected chi connectivity index (χ4v) is 3.77. The van der Waals surface area contributed by atoms with Gasteiger partial charge in [0.05, 0.1) is 10.0 Å². The Kier molecular flexibility index (Phi) is 4.54. The van der Waals surface area contributed by atoms with Crippen LogP contribution in [0, 0.1) is 5.92 Å². The van der Waals surface area contributed by atoms with E-state index in [0.29, 0.717) is 16.0 Å². The van der Waals surface area contributed by atoms with Crippen molar-refractivity contribution in [1.29, 1.82) is 0 Å². The molecule has 0 saturated carbocycles. The zero-order valence-electron chi connectivity index (χ0n) is 12.1. The van der Waals surface area contributed by atoms with Crippen LogP contribution in [0.3, 0.4) is 0 Å². The highest BCUT2D eigenvalue weighted by Gasteiger charge is 2.30. The van der Waals surface area contributed by atoms with Crippen LogP contribution in [0.4, 0.5) is 0 Å². The van der Waals surface area contributed by atoms with Gasteiger partial charge in [-0.1, -0.05) is 66.5 Å². The highest BCUT2D eigenvalue weighted by atomic mass is 35.5. The average Bonchev–Trinajstić information content (AvgIpc) is 2.91. The summed E-state index contributed by atoms with van der Waals surface area (Å²) in [6, 6.07) is 14.9. The lowest BCUT2D eigenvalue weighted by molar-refractivity contribution is 0.381. The van der Waals surface area contributed by atoms with E-state index >= 15 is 0 Å². The van der Waals surface area contributed by atoms with Crippen molar-refractivity contribution in [3.63, 3.8) is 0 Å². The fourth-order valence-electron chi connectivity index (χ4n) is 3.34. The molecule has 3 rings (SSSR count). The van der Waals surface area contributed by atoms with Crippen LogP contribution in [-0.4, -0.2) is 6.54 Å². The van der Waals surface area contributed by atoms with Crippen LogP contribution in [-0.2, 0) is 12.8 Å². The molecule has 21 heavy (non-hydrogen) atoms. The first-order chi connectivity index (χ1) is 10.2. The van der Waals surface area contributed by atoms with Crippen LogP contribution in [0.2, 0.25) is 10.0 Å². The first-order valence-corrected chi connectivity index (χ1v) is 8.20. The van der Waals surface area contributed by atoms with E-state index in [1.165, 1.54) is 11.1 Å². The van der Waals surface area contributed by atoms with Crippen LogP contribution in [0.5, 0.6) is 0 Å². The molecule has 1 aliphatic rings. The van der Waals surface area contributed by atoms with Gasteiger partial charge in [-0.05, 0) is 48.1 Å². The molecule has 1 nitrogen and oxygen atoms in total. The highest BCUT2D eigenvalue weighted by Crippen LogP contribution is 2.39. The van der Waals surface area contributed by atoms with E-state index in [4.69, 9.17) is 23.2 Å². The molecule has 0 spiro atoms. The summed E-state index contributed by atoms with van der Waals surface area (Å²) in [5.74, 6) is 0.526. The first kappa shape index (κ1) is 14.9. The van der Waals surface area contributed by atoms with Crippen LogP contribution < -0.4 is 5.32 Å². The molecule has 2 aromatic carbocycles. The summed E-state index contributed by atoms with van der Waals surface area (Å²) < 4.78 is 0. The van der Waals surface area contributed by atoms with Crippen LogP contribution in [0.25, 0.3) is 0 Å². The molecule has 1 N–H and O–H groups in total. The van der Waals surface area contributed by atoms with Crippen molar-refractivity contribution >= 4 is 23.2 Å². The van der Waals surface area contributed by atoms with Crippen molar-refractivity contribution < 1.29 is 0 Å².